The minimum atomic E-state index is -3.68. The highest BCUT2D eigenvalue weighted by Crippen LogP contribution is 2.32. The number of ether oxygens (including phenoxy) is 2. The number of aryl methyl sites for hydroxylation is 2. The van der Waals surface area contributed by atoms with Crippen molar-refractivity contribution < 1.29 is 17.9 Å². The van der Waals surface area contributed by atoms with Gasteiger partial charge in [0, 0.05) is 18.2 Å². The maximum atomic E-state index is 12.6. The molecule has 0 bridgehead atoms. The molecule has 3 rings (SSSR count). The van der Waals surface area contributed by atoms with E-state index in [9.17, 15) is 8.42 Å². The van der Waals surface area contributed by atoms with Crippen molar-refractivity contribution in [3.8, 4) is 11.5 Å². The average molecular weight is 333 g/mol. The molecule has 1 heterocycles. The van der Waals surface area contributed by atoms with E-state index in [0.717, 1.165) is 17.5 Å². The van der Waals surface area contributed by atoms with E-state index in [1.54, 1.807) is 18.2 Å². The Bertz CT molecular complexity index is 810. The third-order valence-corrected chi connectivity index (χ3v) is 4.88. The van der Waals surface area contributed by atoms with Crippen LogP contribution in [0, 0.1) is 13.8 Å². The van der Waals surface area contributed by atoms with Gasteiger partial charge in [0.2, 0.25) is 0 Å². The molecule has 23 heavy (non-hydrogen) atoms. The molecule has 0 aromatic heterocycles. The van der Waals surface area contributed by atoms with Crippen LogP contribution in [0.25, 0.3) is 0 Å². The largest absolute Gasteiger partial charge is 0.490 e. The Hall–Kier alpha value is -2.21. The van der Waals surface area contributed by atoms with Crippen molar-refractivity contribution in [2.45, 2.75) is 25.2 Å². The minimum Gasteiger partial charge on any atom is -0.490 e. The summed E-state index contributed by atoms with van der Waals surface area (Å²) in [4.78, 5) is 0.154. The lowest BCUT2D eigenvalue weighted by Gasteiger charge is -2.12. The molecule has 122 valence electrons. The quantitative estimate of drug-likeness (QED) is 0.936. The fourth-order valence-electron chi connectivity index (χ4n) is 2.56. The number of benzene rings is 2. The van der Waals surface area contributed by atoms with Crippen molar-refractivity contribution in [1.29, 1.82) is 0 Å². The molecule has 2 aromatic rings. The van der Waals surface area contributed by atoms with E-state index in [4.69, 9.17) is 9.47 Å². The first-order valence-corrected chi connectivity index (χ1v) is 8.93. The van der Waals surface area contributed by atoms with Gasteiger partial charge in [-0.05, 0) is 49.2 Å². The molecule has 1 aliphatic rings. The van der Waals surface area contributed by atoms with E-state index < -0.39 is 10.0 Å². The number of nitrogens with one attached hydrogen (secondary N) is 1. The molecule has 5 nitrogen and oxygen atoms in total. The lowest BCUT2D eigenvalue weighted by atomic mass is 10.1. The predicted octanol–water partition coefficient (Wildman–Crippen LogP) is 3.27. The number of rotatable bonds is 3. The molecule has 0 radical (unpaired) electrons. The monoisotopic (exact) mass is 333 g/mol. The molecule has 0 unspecified atom stereocenters. The molecule has 2 aromatic carbocycles. The molecule has 0 aliphatic carbocycles. The predicted molar refractivity (Wildman–Crippen MR) is 88.8 cm³/mol. The first kappa shape index (κ1) is 15.7. The summed E-state index contributed by atoms with van der Waals surface area (Å²) in [6, 6.07) is 10.3. The number of sulfonamides is 1. The lowest BCUT2D eigenvalue weighted by Crippen LogP contribution is -2.13. The van der Waals surface area contributed by atoms with Crippen LogP contribution in [0.5, 0.6) is 11.5 Å². The summed E-state index contributed by atoms with van der Waals surface area (Å²) < 4.78 is 38.9. The second-order valence-corrected chi connectivity index (χ2v) is 7.32. The van der Waals surface area contributed by atoms with Gasteiger partial charge in [-0.2, -0.15) is 0 Å². The molecular formula is C17H19NO4S. The Morgan fingerprint density at radius 3 is 2.26 bits per heavy atom. The molecular weight excluding hydrogens is 314 g/mol. The zero-order chi connectivity index (χ0) is 16.4. The number of hydrogen-bond donors (Lipinski definition) is 1. The first-order valence-electron chi connectivity index (χ1n) is 7.45. The maximum absolute atomic E-state index is 12.6. The van der Waals surface area contributed by atoms with Crippen LogP contribution in [0.15, 0.2) is 41.3 Å². The fraction of sp³-hybridized carbons (Fsp3) is 0.294. The van der Waals surface area contributed by atoms with Gasteiger partial charge in [0.1, 0.15) is 0 Å². The van der Waals surface area contributed by atoms with Gasteiger partial charge in [0.25, 0.3) is 10.0 Å². The van der Waals surface area contributed by atoms with Crippen LogP contribution in [0.3, 0.4) is 0 Å². The van der Waals surface area contributed by atoms with Crippen molar-refractivity contribution in [2.75, 3.05) is 17.9 Å². The molecule has 0 spiro atoms. The number of fused-ring (bicyclic) bond motifs is 1. The Labute approximate surface area is 136 Å². The third kappa shape index (κ3) is 3.59. The van der Waals surface area contributed by atoms with Gasteiger partial charge < -0.3 is 9.47 Å². The molecule has 0 amide bonds. The Kier molecular flexibility index (Phi) is 4.17. The summed E-state index contributed by atoms with van der Waals surface area (Å²) in [5.74, 6) is 1.04. The van der Waals surface area contributed by atoms with Crippen molar-refractivity contribution >= 4 is 15.7 Å². The highest BCUT2D eigenvalue weighted by molar-refractivity contribution is 7.92. The standard InChI is InChI=1S/C17H19NO4S/c1-12-8-13(2)10-14(9-12)18-23(19,20)15-4-5-16-17(11-15)22-7-3-6-21-16/h4-5,8-11,18H,3,6-7H2,1-2H3. The van der Waals surface area contributed by atoms with Gasteiger partial charge in [-0.25, -0.2) is 8.42 Å². The smallest absolute Gasteiger partial charge is 0.262 e. The topological polar surface area (TPSA) is 64.6 Å². The molecule has 6 heteroatoms. The lowest BCUT2D eigenvalue weighted by molar-refractivity contribution is 0.297. The molecule has 0 saturated heterocycles. The summed E-state index contributed by atoms with van der Waals surface area (Å²) in [6.45, 7) is 4.94. The van der Waals surface area contributed by atoms with Crippen LogP contribution >= 0.6 is 0 Å². The van der Waals surface area contributed by atoms with Crippen molar-refractivity contribution in [3.63, 3.8) is 0 Å². The maximum Gasteiger partial charge on any atom is 0.262 e. The minimum absolute atomic E-state index is 0.154. The fourth-order valence-corrected chi connectivity index (χ4v) is 3.61. The second kappa shape index (κ2) is 6.12. The second-order valence-electron chi connectivity index (χ2n) is 5.64. The van der Waals surface area contributed by atoms with Crippen molar-refractivity contribution in [1.82, 2.24) is 0 Å². The van der Waals surface area contributed by atoms with Gasteiger partial charge in [0.05, 0.1) is 18.1 Å². The van der Waals surface area contributed by atoms with Crippen molar-refractivity contribution in [2.24, 2.45) is 0 Å². The first-order chi connectivity index (χ1) is 10.9. The molecule has 1 N–H and O–H groups in total. The summed E-state index contributed by atoms with van der Waals surface area (Å²) in [5.41, 5.74) is 2.55. The van der Waals surface area contributed by atoms with Crippen LogP contribution in [0.1, 0.15) is 17.5 Å². The Balaban J connectivity index is 1.91. The Morgan fingerprint density at radius 1 is 0.913 bits per heavy atom. The zero-order valence-electron chi connectivity index (χ0n) is 13.1. The average Bonchev–Trinajstić information content (AvgIpc) is 2.69. The van der Waals surface area contributed by atoms with Crippen LogP contribution in [0.4, 0.5) is 5.69 Å². The van der Waals surface area contributed by atoms with E-state index in [1.165, 1.54) is 12.1 Å². The van der Waals surface area contributed by atoms with Crippen LogP contribution in [-0.4, -0.2) is 21.6 Å². The van der Waals surface area contributed by atoms with Crippen LogP contribution in [-0.2, 0) is 10.0 Å². The molecule has 0 saturated carbocycles. The van der Waals surface area contributed by atoms with Gasteiger partial charge in [-0.3, -0.25) is 4.72 Å². The van der Waals surface area contributed by atoms with Gasteiger partial charge in [-0.15, -0.1) is 0 Å². The summed E-state index contributed by atoms with van der Waals surface area (Å²) in [7, 11) is -3.68. The molecule has 0 atom stereocenters. The summed E-state index contributed by atoms with van der Waals surface area (Å²) in [6.07, 6.45) is 0.775. The van der Waals surface area contributed by atoms with E-state index in [2.05, 4.69) is 4.72 Å². The van der Waals surface area contributed by atoms with E-state index >= 15 is 0 Å². The SMILES string of the molecule is Cc1cc(C)cc(NS(=O)(=O)c2ccc3c(c2)OCCCO3)c1. The van der Waals surface area contributed by atoms with Gasteiger partial charge in [-0.1, -0.05) is 6.07 Å². The van der Waals surface area contributed by atoms with E-state index in [1.807, 2.05) is 19.9 Å². The normalized spacial score (nSPS) is 14.2. The Morgan fingerprint density at radius 2 is 1.57 bits per heavy atom. The van der Waals surface area contributed by atoms with E-state index in [0.29, 0.717) is 30.4 Å². The summed E-state index contributed by atoms with van der Waals surface area (Å²) in [5, 5.41) is 0. The van der Waals surface area contributed by atoms with Gasteiger partial charge >= 0.3 is 0 Å². The van der Waals surface area contributed by atoms with Crippen LogP contribution in [0.2, 0.25) is 0 Å². The van der Waals surface area contributed by atoms with E-state index in [-0.39, 0.29) is 4.90 Å². The number of anilines is 1. The summed E-state index contributed by atoms with van der Waals surface area (Å²) >= 11 is 0. The molecule has 0 fully saturated rings. The molecule has 1 aliphatic heterocycles. The highest BCUT2D eigenvalue weighted by Gasteiger charge is 2.19. The highest BCUT2D eigenvalue weighted by atomic mass is 32.2. The van der Waals surface area contributed by atoms with Crippen LogP contribution < -0.4 is 14.2 Å². The van der Waals surface area contributed by atoms with Gasteiger partial charge in [0.15, 0.2) is 11.5 Å². The van der Waals surface area contributed by atoms with Crippen molar-refractivity contribution in [3.05, 3.63) is 47.5 Å². The zero-order valence-corrected chi connectivity index (χ0v) is 13.9. The third-order valence-electron chi connectivity index (χ3n) is 3.50. The number of hydrogen-bond acceptors (Lipinski definition) is 4.